The molecular formula is C16H15NO6S. The molecule has 8 heteroatoms. The highest BCUT2D eigenvalue weighted by molar-refractivity contribution is 7.89. The van der Waals surface area contributed by atoms with Crippen LogP contribution in [0.2, 0.25) is 0 Å². The average molecular weight is 349 g/mol. The van der Waals surface area contributed by atoms with E-state index in [-0.39, 0.29) is 4.90 Å². The second-order valence-corrected chi connectivity index (χ2v) is 7.06. The van der Waals surface area contributed by atoms with Crippen molar-refractivity contribution < 1.29 is 28.2 Å². The van der Waals surface area contributed by atoms with Crippen LogP contribution in [0.3, 0.4) is 0 Å². The molecule has 0 bridgehead atoms. The van der Waals surface area contributed by atoms with Gasteiger partial charge in [-0.05, 0) is 29.8 Å². The van der Waals surface area contributed by atoms with Gasteiger partial charge in [-0.3, -0.25) is 4.79 Å². The zero-order valence-electron chi connectivity index (χ0n) is 12.5. The number of carbonyl (C=O) groups is 1. The maximum absolute atomic E-state index is 12.3. The van der Waals surface area contributed by atoms with E-state index in [0.29, 0.717) is 17.7 Å². The largest absolute Gasteiger partial charge is 0.480 e. The van der Waals surface area contributed by atoms with Gasteiger partial charge < -0.3 is 14.9 Å². The zero-order valence-corrected chi connectivity index (χ0v) is 13.3. The van der Waals surface area contributed by atoms with Crippen molar-refractivity contribution in [3.05, 3.63) is 53.6 Å². The van der Waals surface area contributed by atoms with E-state index in [1.54, 1.807) is 0 Å². The number of hydrogen-bond acceptors (Lipinski definition) is 5. The number of nitrogens with one attached hydrogen (secondary N) is 1. The molecule has 0 unspecified atom stereocenters. The number of para-hydroxylation sites is 1. The molecule has 0 radical (unpaired) electrons. The maximum atomic E-state index is 12.3. The molecule has 0 fully saturated rings. The van der Waals surface area contributed by atoms with E-state index in [9.17, 15) is 13.2 Å². The normalized spacial score (nSPS) is 14.2. The number of hydrogen-bond donors (Lipinski definition) is 3. The van der Waals surface area contributed by atoms with Gasteiger partial charge >= 0.3 is 5.97 Å². The van der Waals surface area contributed by atoms with Crippen LogP contribution < -0.4 is 9.46 Å². The van der Waals surface area contributed by atoms with Crippen LogP contribution in [0.5, 0.6) is 11.5 Å². The summed E-state index contributed by atoms with van der Waals surface area (Å²) in [5, 5.41) is 17.9. The monoisotopic (exact) mass is 349 g/mol. The van der Waals surface area contributed by atoms with Gasteiger partial charge in [-0.25, -0.2) is 8.42 Å². The molecule has 0 saturated heterocycles. The number of fused-ring (bicyclic) bond motifs is 2. The van der Waals surface area contributed by atoms with Crippen LogP contribution >= 0.6 is 0 Å². The van der Waals surface area contributed by atoms with Crippen molar-refractivity contribution in [2.75, 3.05) is 6.61 Å². The summed E-state index contributed by atoms with van der Waals surface area (Å²) in [7, 11) is -4.07. The lowest BCUT2D eigenvalue weighted by Crippen LogP contribution is -2.43. The molecule has 0 saturated carbocycles. The summed E-state index contributed by atoms with van der Waals surface area (Å²) in [5.74, 6) is -0.161. The lowest BCUT2D eigenvalue weighted by Gasteiger charge is -2.21. The first-order valence-corrected chi connectivity index (χ1v) is 8.64. The molecule has 2 aromatic rings. The molecule has 1 heterocycles. The van der Waals surface area contributed by atoms with Crippen molar-refractivity contribution in [2.24, 2.45) is 0 Å². The Labute approximate surface area is 138 Å². The number of benzene rings is 2. The third kappa shape index (κ3) is 3.12. The van der Waals surface area contributed by atoms with E-state index in [4.69, 9.17) is 14.9 Å². The Morgan fingerprint density at radius 3 is 2.58 bits per heavy atom. The summed E-state index contributed by atoms with van der Waals surface area (Å²) in [5.41, 5.74) is 1.62. The van der Waals surface area contributed by atoms with Gasteiger partial charge in [-0.1, -0.05) is 18.2 Å². The molecule has 7 nitrogen and oxygen atoms in total. The number of sulfonamides is 1. The molecular weight excluding hydrogens is 334 g/mol. The Kier molecular flexibility index (Phi) is 4.27. The van der Waals surface area contributed by atoms with Gasteiger partial charge in [-0.2, -0.15) is 4.72 Å². The van der Waals surface area contributed by atoms with E-state index < -0.39 is 28.6 Å². The smallest absolute Gasteiger partial charge is 0.324 e. The second kappa shape index (κ2) is 6.23. The first-order chi connectivity index (χ1) is 11.4. The van der Waals surface area contributed by atoms with Gasteiger partial charge in [0.25, 0.3) is 0 Å². The van der Waals surface area contributed by atoms with Gasteiger partial charge in [0.05, 0.1) is 11.5 Å². The summed E-state index contributed by atoms with van der Waals surface area (Å²) >= 11 is 0. The van der Waals surface area contributed by atoms with Gasteiger partial charge in [-0.15, -0.1) is 0 Å². The molecule has 0 aromatic heterocycles. The van der Waals surface area contributed by atoms with Crippen LogP contribution in [0.15, 0.2) is 47.4 Å². The van der Waals surface area contributed by atoms with Gasteiger partial charge in [0.1, 0.15) is 17.5 Å². The number of aliphatic hydroxyl groups excluding tert-OH is 1. The summed E-state index contributed by atoms with van der Waals surface area (Å²) in [6.07, 6.45) is 0.511. The Bertz CT molecular complexity index is 893. The summed E-state index contributed by atoms with van der Waals surface area (Å²) in [6.45, 7) is -0.837. The van der Waals surface area contributed by atoms with Crippen molar-refractivity contribution in [3.63, 3.8) is 0 Å². The van der Waals surface area contributed by atoms with Gasteiger partial charge in [0.15, 0.2) is 0 Å². The number of carboxylic acid groups (broad SMARTS) is 1. The van der Waals surface area contributed by atoms with Crippen molar-refractivity contribution >= 4 is 16.0 Å². The summed E-state index contributed by atoms with van der Waals surface area (Å²) in [4.78, 5) is 10.8. The fourth-order valence-corrected chi connectivity index (χ4v) is 3.69. The Hall–Kier alpha value is -2.42. The standard InChI is InChI=1S/C16H15NO6S/c18-9-13(16(19)20)17-24(21,22)12-5-6-15-11(8-12)7-10-3-1-2-4-14(10)23-15/h1-6,8,13,17-18H,7,9H2,(H,19,20)/t13-/m0/s1. The number of rotatable bonds is 5. The summed E-state index contributed by atoms with van der Waals surface area (Å²) in [6, 6.07) is 10.2. The number of ether oxygens (including phenoxy) is 1. The van der Waals surface area contributed by atoms with Crippen LogP contribution in [-0.2, 0) is 21.2 Å². The maximum Gasteiger partial charge on any atom is 0.324 e. The molecule has 2 aromatic carbocycles. The summed E-state index contributed by atoms with van der Waals surface area (Å²) < 4.78 is 32.3. The molecule has 1 atom stereocenters. The number of aliphatic hydroxyl groups is 1. The SMILES string of the molecule is O=C(O)[C@H](CO)NS(=O)(=O)c1ccc2c(c1)Cc1ccccc1O2. The topological polar surface area (TPSA) is 113 Å². The van der Waals surface area contributed by atoms with E-state index in [0.717, 1.165) is 11.3 Å². The van der Waals surface area contributed by atoms with E-state index >= 15 is 0 Å². The Balaban J connectivity index is 1.91. The minimum absolute atomic E-state index is 0.0797. The van der Waals surface area contributed by atoms with Crippen LogP contribution in [0, 0.1) is 0 Å². The third-order valence-corrected chi connectivity index (χ3v) is 5.16. The van der Waals surface area contributed by atoms with Crippen LogP contribution in [0.4, 0.5) is 0 Å². The predicted molar refractivity (Wildman–Crippen MR) is 84.6 cm³/mol. The lowest BCUT2D eigenvalue weighted by atomic mass is 10.0. The van der Waals surface area contributed by atoms with Crippen LogP contribution in [-0.4, -0.2) is 37.2 Å². The first kappa shape index (κ1) is 16.4. The molecule has 1 aliphatic rings. The second-order valence-electron chi connectivity index (χ2n) is 5.35. The highest BCUT2D eigenvalue weighted by Crippen LogP contribution is 2.37. The minimum Gasteiger partial charge on any atom is -0.480 e. The van der Waals surface area contributed by atoms with Crippen molar-refractivity contribution in [2.45, 2.75) is 17.4 Å². The third-order valence-electron chi connectivity index (χ3n) is 3.69. The highest BCUT2D eigenvalue weighted by Gasteiger charge is 2.26. The fraction of sp³-hybridized carbons (Fsp3) is 0.188. The van der Waals surface area contributed by atoms with Crippen molar-refractivity contribution in [3.8, 4) is 11.5 Å². The predicted octanol–water partition coefficient (Wildman–Crippen LogP) is 1.11. The Morgan fingerprint density at radius 2 is 1.88 bits per heavy atom. The molecule has 3 N–H and O–H groups in total. The molecule has 0 spiro atoms. The van der Waals surface area contributed by atoms with Crippen LogP contribution in [0.1, 0.15) is 11.1 Å². The molecule has 0 amide bonds. The first-order valence-electron chi connectivity index (χ1n) is 7.15. The van der Waals surface area contributed by atoms with E-state index in [1.807, 2.05) is 29.0 Å². The quantitative estimate of drug-likeness (QED) is 0.636. The van der Waals surface area contributed by atoms with Crippen molar-refractivity contribution in [1.29, 1.82) is 0 Å². The number of aliphatic carboxylic acids is 1. The molecule has 3 rings (SSSR count). The zero-order chi connectivity index (χ0) is 17.3. The average Bonchev–Trinajstić information content (AvgIpc) is 2.57. The Morgan fingerprint density at radius 1 is 1.17 bits per heavy atom. The van der Waals surface area contributed by atoms with Crippen LogP contribution in [0.25, 0.3) is 0 Å². The van der Waals surface area contributed by atoms with Gasteiger partial charge in [0.2, 0.25) is 10.0 Å². The lowest BCUT2D eigenvalue weighted by molar-refractivity contribution is -0.139. The van der Waals surface area contributed by atoms with E-state index in [2.05, 4.69) is 0 Å². The number of carboxylic acids is 1. The molecule has 0 aliphatic carbocycles. The fourth-order valence-electron chi connectivity index (χ4n) is 2.45. The molecule has 24 heavy (non-hydrogen) atoms. The van der Waals surface area contributed by atoms with E-state index in [1.165, 1.54) is 18.2 Å². The molecule has 1 aliphatic heterocycles. The molecule has 126 valence electrons. The van der Waals surface area contributed by atoms with Crippen molar-refractivity contribution in [1.82, 2.24) is 4.72 Å². The van der Waals surface area contributed by atoms with Gasteiger partial charge in [0, 0.05) is 12.0 Å². The highest BCUT2D eigenvalue weighted by atomic mass is 32.2. The minimum atomic E-state index is -4.07.